The second-order valence-electron chi connectivity index (χ2n) is 4.89. The molecule has 2 aromatic heterocycles. The van der Waals surface area contributed by atoms with Gasteiger partial charge in [0.2, 0.25) is 0 Å². The van der Waals surface area contributed by atoms with Crippen LogP contribution in [0.2, 0.25) is 5.02 Å². The van der Waals surface area contributed by atoms with Crippen LogP contribution in [0.3, 0.4) is 0 Å². The van der Waals surface area contributed by atoms with Crippen LogP contribution in [0.5, 0.6) is 23.3 Å². The number of nitro groups is 1. The molecule has 0 radical (unpaired) electrons. The van der Waals surface area contributed by atoms with Gasteiger partial charge in [0.05, 0.1) is 11.1 Å². The third-order valence-electron chi connectivity index (χ3n) is 3.13. The number of pyridine rings is 1. The summed E-state index contributed by atoms with van der Waals surface area (Å²) < 4.78 is 11.0. The number of hydrogen-bond acceptors (Lipinski definition) is 7. The minimum atomic E-state index is -0.663. The van der Waals surface area contributed by atoms with Crippen molar-refractivity contribution in [3.63, 3.8) is 0 Å². The molecule has 3 aromatic rings. The normalized spacial score (nSPS) is 10.3. The number of aryl methyl sites for hydroxylation is 1. The van der Waals surface area contributed by atoms with Gasteiger partial charge in [0.1, 0.15) is 17.8 Å². The Balaban J connectivity index is 1.97. The van der Waals surface area contributed by atoms with Crippen LogP contribution in [0.25, 0.3) is 0 Å². The number of aromatic nitrogens is 3. The van der Waals surface area contributed by atoms with Gasteiger partial charge in [-0.25, -0.2) is 0 Å². The fraction of sp³-hybridized carbons (Fsp3) is 0.0625. The molecule has 0 aliphatic rings. The van der Waals surface area contributed by atoms with Crippen molar-refractivity contribution < 1.29 is 14.4 Å². The topological polar surface area (TPSA) is 100 Å². The molecule has 0 spiro atoms. The van der Waals surface area contributed by atoms with Crippen molar-refractivity contribution >= 4 is 17.3 Å². The monoisotopic (exact) mass is 358 g/mol. The minimum absolute atomic E-state index is 0.236. The first kappa shape index (κ1) is 16.6. The predicted molar refractivity (Wildman–Crippen MR) is 89.3 cm³/mol. The maximum atomic E-state index is 11.5. The van der Waals surface area contributed by atoms with Gasteiger partial charge in [-0.15, -0.1) is 0 Å². The second kappa shape index (κ2) is 7.10. The summed E-state index contributed by atoms with van der Waals surface area (Å²) in [5.41, 5.74) is 0.279. The number of hydrogen-bond donors (Lipinski definition) is 0. The van der Waals surface area contributed by atoms with Gasteiger partial charge in [0.15, 0.2) is 0 Å². The molecular weight excluding hydrogens is 348 g/mol. The fourth-order valence-electron chi connectivity index (χ4n) is 1.96. The highest BCUT2D eigenvalue weighted by Gasteiger charge is 2.27. The van der Waals surface area contributed by atoms with Gasteiger partial charge in [0, 0.05) is 11.2 Å². The van der Waals surface area contributed by atoms with Crippen LogP contribution in [0.4, 0.5) is 5.69 Å². The smallest absolute Gasteiger partial charge is 0.393 e. The molecule has 0 unspecified atom stereocenters. The van der Waals surface area contributed by atoms with E-state index in [4.69, 9.17) is 21.1 Å². The molecule has 0 saturated heterocycles. The van der Waals surface area contributed by atoms with Crippen molar-refractivity contribution in [3.05, 3.63) is 69.8 Å². The zero-order chi connectivity index (χ0) is 17.8. The maximum absolute atomic E-state index is 11.5. The van der Waals surface area contributed by atoms with E-state index >= 15 is 0 Å². The average molecular weight is 359 g/mol. The average Bonchev–Trinajstić information content (AvgIpc) is 2.59. The van der Waals surface area contributed by atoms with Gasteiger partial charge in [-0.2, -0.15) is 9.97 Å². The van der Waals surface area contributed by atoms with E-state index in [0.29, 0.717) is 16.5 Å². The molecule has 0 N–H and O–H groups in total. The first-order valence-corrected chi connectivity index (χ1v) is 7.43. The lowest BCUT2D eigenvalue weighted by molar-refractivity contribution is -0.387. The van der Waals surface area contributed by atoms with E-state index in [-0.39, 0.29) is 11.8 Å². The highest BCUT2D eigenvalue weighted by atomic mass is 35.5. The van der Waals surface area contributed by atoms with E-state index in [1.165, 1.54) is 6.20 Å². The largest absolute Gasteiger partial charge is 0.433 e. The first-order valence-electron chi connectivity index (χ1n) is 7.06. The first-order chi connectivity index (χ1) is 12.0. The summed E-state index contributed by atoms with van der Waals surface area (Å²) in [7, 11) is 0. The molecule has 9 heteroatoms. The molecular formula is C16H11ClN4O4. The summed E-state index contributed by atoms with van der Waals surface area (Å²) in [4.78, 5) is 22.4. The van der Waals surface area contributed by atoms with Gasteiger partial charge in [-0.05, 0) is 42.8 Å². The van der Waals surface area contributed by atoms with E-state index in [0.717, 1.165) is 11.9 Å². The van der Waals surface area contributed by atoms with E-state index < -0.39 is 10.6 Å². The third-order valence-corrected chi connectivity index (χ3v) is 3.55. The van der Waals surface area contributed by atoms with E-state index in [1.807, 2.05) is 0 Å². The SMILES string of the molecule is Cc1cc(Oc2ncnc(Oc3cccnc3)c2[N+](=O)[O-])ccc1Cl. The van der Waals surface area contributed by atoms with Crippen molar-refractivity contribution in [3.8, 4) is 23.3 Å². The Morgan fingerprint density at radius 2 is 1.84 bits per heavy atom. The van der Waals surface area contributed by atoms with Crippen molar-refractivity contribution in [2.24, 2.45) is 0 Å². The Bertz CT molecular complexity index is 921. The molecule has 126 valence electrons. The molecule has 0 atom stereocenters. The molecule has 0 aliphatic carbocycles. The summed E-state index contributed by atoms with van der Waals surface area (Å²) in [5.74, 6) is 0.183. The van der Waals surface area contributed by atoms with Gasteiger partial charge in [0.25, 0.3) is 0 Å². The summed E-state index contributed by atoms with van der Waals surface area (Å²) >= 11 is 5.97. The number of halogens is 1. The lowest BCUT2D eigenvalue weighted by Gasteiger charge is -2.09. The van der Waals surface area contributed by atoms with Gasteiger partial charge in [-0.3, -0.25) is 15.1 Å². The van der Waals surface area contributed by atoms with Crippen LogP contribution in [0, 0.1) is 17.0 Å². The molecule has 25 heavy (non-hydrogen) atoms. The van der Waals surface area contributed by atoms with Crippen molar-refractivity contribution in [1.29, 1.82) is 0 Å². The number of benzene rings is 1. The lowest BCUT2D eigenvalue weighted by atomic mass is 10.2. The predicted octanol–water partition coefficient (Wildman–Crippen LogP) is 4.33. The quantitative estimate of drug-likeness (QED) is 0.494. The summed E-state index contributed by atoms with van der Waals surface area (Å²) in [6.45, 7) is 1.79. The van der Waals surface area contributed by atoms with Crippen molar-refractivity contribution in [2.75, 3.05) is 0 Å². The zero-order valence-corrected chi connectivity index (χ0v) is 13.7. The van der Waals surface area contributed by atoms with Crippen LogP contribution >= 0.6 is 11.6 Å². The van der Waals surface area contributed by atoms with E-state index in [9.17, 15) is 10.1 Å². The van der Waals surface area contributed by atoms with E-state index in [1.54, 1.807) is 43.5 Å². The molecule has 1 aromatic carbocycles. The third kappa shape index (κ3) is 3.81. The molecule has 0 saturated carbocycles. The van der Waals surface area contributed by atoms with Crippen molar-refractivity contribution in [1.82, 2.24) is 15.0 Å². The minimum Gasteiger partial charge on any atom is -0.433 e. The molecule has 2 heterocycles. The Morgan fingerprint density at radius 1 is 1.12 bits per heavy atom. The highest BCUT2D eigenvalue weighted by molar-refractivity contribution is 6.31. The van der Waals surface area contributed by atoms with Crippen LogP contribution in [-0.4, -0.2) is 19.9 Å². The van der Waals surface area contributed by atoms with E-state index in [2.05, 4.69) is 15.0 Å². The second-order valence-corrected chi connectivity index (χ2v) is 5.30. The van der Waals surface area contributed by atoms with Crippen LogP contribution in [-0.2, 0) is 0 Å². The molecule has 3 rings (SSSR count). The Kier molecular flexibility index (Phi) is 4.71. The van der Waals surface area contributed by atoms with Gasteiger partial charge < -0.3 is 9.47 Å². The summed E-state index contributed by atoms with van der Waals surface area (Å²) in [5, 5.41) is 12.0. The Morgan fingerprint density at radius 3 is 2.44 bits per heavy atom. The van der Waals surface area contributed by atoms with Gasteiger partial charge in [-0.1, -0.05) is 11.6 Å². The summed E-state index contributed by atoms with van der Waals surface area (Å²) in [6.07, 6.45) is 4.09. The van der Waals surface area contributed by atoms with Gasteiger partial charge >= 0.3 is 17.4 Å². The molecule has 0 fully saturated rings. The molecule has 0 aliphatic heterocycles. The Labute approximate surface area is 147 Å². The lowest BCUT2D eigenvalue weighted by Crippen LogP contribution is -2.01. The highest BCUT2D eigenvalue weighted by Crippen LogP contribution is 2.37. The molecule has 0 amide bonds. The molecule has 0 bridgehead atoms. The Hall–Kier alpha value is -3.26. The fourth-order valence-corrected chi connectivity index (χ4v) is 2.08. The number of rotatable bonds is 5. The standard InChI is InChI=1S/C16H11ClN4O4/c1-10-7-11(4-5-13(10)17)24-15-14(21(22)23)16(20-9-19-15)25-12-3-2-6-18-8-12/h2-9H,1H3. The maximum Gasteiger partial charge on any atom is 0.393 e. The van der Waals surface area contributed by atoms with Crippen LogP contribution < -0.4 is 9.47 Å². The molecule has 8 nitrogen and oxygen atoms in total. The number of nitrogens with zero attached hydrogens (tertiary/aromatic N) is 4. The zero-order valence-electron chi connectivity index (χ0n) is 12.9. The summed E-state index contributed by atoms with van der Waals surface area (Å²) in [6, 6.07) is 8.10. The van der Waals surface area contributed by atoms with Crippen LogP contribution in [0.15, 0.2) is 49.1 Å². The number of ether oxygens (including phenoxy) is 2. The van der Waals surface area contributed by atoms with Crippen LogP contribution in [0.1, 0.15) is 5.56 Å². The van der Waals surface area contributed by atoms with Crippen molar-refractivity contribution in [2.45, 2.75) is 6.92 Å².